The lowest BCUT2D eigenvalue weighted by molar-refractivity contribution is -0.205. The molecule has 0 aromatic carbocycles. The number of carbonyl (C=O) groups excluding carboxylic acids is 2. The molecule has 0 amide bonds. The van der Waals surface area contributed by atoms with Gasteiger partial charge in [-0.1, -0.05) is 12.2 Å². The Morgan fingerprint density at radius 3 is 3.00 bits per heavy atom. The van der Waals surface area contributed by atoms with Crippen LogP contribution in [0.1, 0.15) is 0 Å². The van der Waals surface area contributed by atoms with Gasteiger partial charge in [0, 0.05) is 6.20 Å². The van der Waals surface area contributed by atoms with Crippen LogP contribution in [0.15, 0.2) is 12.4 Å². The maximum Gasteiger partial charge on any atom is 0.381 e. The molecule has 13 heavy (non-hydrogen) atoms. The van der Waals surface area contributed by atoms with E-state index in [1.165, 1.54) is 12.4 Å². The van der Waals surface area contributed by atoms with E-state index in [1.807, 2.05) is 0 Å². The predicted molar refractivity (Wildman–Crippen MR) is 42.7 cm³/mol. The van der Waals surface area contributed by atoms with Crippen LogP contribution in [0.5, 0.6) is 0 Å². The Morgan fingerprint density at radius 1 is 1.46 bits per heavy atom. The molecular weight excluding hydrogens is 196 g/mol. The molecule has 68 valence electrons. The number of thiocarbonyl (C=S) groups is 1. The Balaban J connectivity index is 2.25. The van der Waals surface area contributed by atoms with Gasteiger partial charge in [-0.3, -0.25) is 0 Å². The zero-order valence-electron chi connectivity index (χ0n) is 6.22. The van der Waals surface area contributed by atoms with Crippen LogP contribution in [0.3, 0.4) is 0 Å². The standard InChI is InChI=1S/C6H4N2O4S/c9-4-3(13)5(10)12-8-2-1-7-6(8)11-4/h1-2,6-7H. The molecule has 1 saturated heterocycles. The molecule has 0 aliphatic carbocycles. The van der Waals surface area contributed by atoms with Gasteiger partial charge in [0.15, 0.2) is 0 Å². The molecule has 0 aromatic rings. The van der Waals surface area contributed by atoms with Crippen molar-refractivity contribution in [2.24, 2.45) is 0 Å². The average molecular weight is 200 g/mol. The number of hydrogen-bond acceptors (Lipinski definition) is 7. The Kier molecular flexibility index (Phi) is 1.66. The Morgan fingerprint density at radius 2 is 2.23 bits per heavy atom. The summed E-state index contributed by atoms with van der Waals surface area (Å²) in [5.74, 6) is -1.74. The Hall–Kier alpha value is -1.63. The van der Waals surface area contributed by atoms with E-state index in [0.717, 1.165) is 5.06 Å². The first kappa shape index (κ1) is 7.99. The van der Waals surface area contributed by atoms with Gasteiger partial charge in [-0.2, -0.15) is 5.06 Å². The molecule has 0 aromatic heterocycles. The fourth-order valence-electron chi connectivity index (χ4n) is 0.890. The molecule has 1 N–H and O–H groups in total. The smallest absolute Gasteiger partial charge is 0.381 e. The number of hydroxylamine groups is 2. The monoisotopic (exact) mass is 200 g/mol. The molecule has 0 saturated carbocycles. The molecule has 0 bridgehead atoms. The zero-order valence-corrected chi connectivity index (χ0v) is 7.04. The van der Waals surface area contributed by atoms with Gasteiger partial charge < -0.3 is 14.9 Å². The third-order valence-electron chi connectivity index (χ3n) is 1.47. The van der Waals surface area contributed by atoms with Gasteiger partial charge in [0.2, 0.25) is 4.86 Å². The highest BCUT2D eigenvalue weighted by Gasteiger charge is 2.35. The Bertz CT molecular complexity index is 327. The fraction of sp³-hybridized carbons (Fsp3) is 0.167. The molecule has 0 radical (unpaired) electrons. The second-order valence-electron chi connectivity index (χ2n) is 2.31. The van der Waals surface area contributed by atoms with Crippen LogP contribution in [-0.2, 0) is 19.2 Å². The topological polar surface area (TPSA) is 67.9 Å². The van der Waals surface area contributed by atoms with Crippen molar-refractivity contribution in [1.82, 2.24) is 10.4 Å². The summed E-state index contributed by atoms with van der Waals surface area (Å²) in [6, 6.07) is 0. The van der Waals surface area contributed by atoms with Crippen molar-refractivity contribution in [1.29, 1.82) is 0 Å². The second kappa shape index (κ2) is 2.70. The van der Waals surface area contributed by atoms with E-state index < -0.39 is 23.2 Å². The predicted octanol–water partition coefficient (Wildman–Crippen LogP) is -0.969. The van der Waals surface area contributed by atoms with Crippen LogP contribution >= 0.6 is 12.2 Å². The summed E-state index contributed by atoms with van der Waals surface area (Å²) >= 11 is 4.49. The van der Waals surface area contributed by atoms with E-state index in [-0.39, 0.29) is 0 Å². The molecule has 2 rings (SSSR count). The first-order chi connectivity index (χ1) is 6.18. The number of esters is 1. The van der Waals surface area contributed by atoms with Crippen molar-refractivity contribution in [3.05, 3.63) is 12.4 Å². The first-order valence-corrected chi connectivity index (χ1v) is 3.77. The summed E-state index contributed by atoms with van der Waals surface area (Å²) in [5, 5.41) is 3.70. The average Bonchev–Trinajstić information content (AvgIpc) is 2.47. The van der Waals surface area contributed by atoms with Gasteiger partial charge in [0.1, 0.15) is 0 Å². The molecule has 2 aliphatic rings. The van der Waals surface area contributed by atoms with Crippen molar-refractivity contribution in [2.75, 3.05) is 0 Å². The van der Waals surface area contributed by atoms with Crippen molar-refractivity contribution < 1.29 is 19.2 Å². The lowest BCUT2D eigenvalue weighted by atomic mass is 10.4. The molecule has 7 heteroatoms. The minimum Gasteiger partial charge on any atom is -0.415 e. The van der Waals surface area contributed by atoms with Crippen LogP contribution in [0.25, 0.3) is 0 Å². The van der Waals surface area contributed by atoms with E-state index in [0.29, 0.717) is 0 Å². The number of nitrogens with one attached hydrogen (secondary N) is 1. The minimum atomic E-state index is -0.879. The summed E-state index contributed by atoms with van der Waals surface area (Å²) in [5.41, 5.74) is 0. The molecule has 1 fully saturated rings. The third-order valence-corrected chi connectivity index (χ3v) is 1.80. The van der Waals surface area contributed by atoms with Crippen LogP contribution in [0.2, 0.25) is 0 Å². The SMILES string of the molecule is O=C1OC2NC=CN2OC(=O)C1=S. The quantitative estimate of drug-likeness (QED) is 0.398. The second-order valence-corrected chi connectivity index (χ2v) is 2.72. The summed E-state index contributed by atoms with van der Waals surface area (Å²) in [7, 11) is 0. The number of fused-ring (bicyclic) bond motifs is 1. The highest BCUT2D eigenvalue weighted by Crippen LogP contribution is 2.12. The molecule has 1 unspecified atom stereocenters. The number of hydrogen-bond donors (Lipinski definition) is 1. The number of rotatable bonds is 0. The summed E-state index contributed by atoms with van der Waals surface area (Å²) in [4.78, 5) is 26.2. The molecule has 1 atom stereocenters. The summed E-state index contributed by atoms with van der Waals surface area (Å²) in [6.45, 7) is 0. The van der Waals surface area contributed by atoms with Crippen molar-refractivity contribution >= 4 is 29.0 Å². The largest absolute Gasteiger partial charge is 0.415 e. The van der Waals surface area contributed by atoms with Gasteiger partial charge in [0.25, 0.3) is 6.35 Å². The van der Waals surface area contributed by atoms with Crippen LogP contribution in [0, 0.1) is 0 Å². The number of ether oxygens (including phenoxy) is 1. The highest BCUT2D eigenvalue weighted by atomic mass is 32.1. The van der Waals surface area contributed by atoms with Gasteiger partial charge in [0.05, 0.1) is 6.20 Å². The number of carbonyl (C=O) groups is 2. The zero-order chi connectivity index (χ0) is 9.42. The molecule has 6 nitrogen and oxygen atoms in total. The van der Waals surface area contributed by atoms with Crippen LogP contribution in [-0.4, -0.2) is 28.2 Å². The first-order valence-electron chi connectivity index (χ1n) is 3.37. The lowest BCUT2D eigenvalue weighted by Crippen LogP contribution is -2.37. The van der Waals surface area contributed by atoms with Crippen molar-refractivity contribution in [3.8, 4) is 0 Å². The van der Waals surface area contributed by atoms with Gasteiger partial charge >= 0.3 is 11.9 Å². The number of nitrogens with zero attached hydrogens (tertiary/aromatic N) is 1. The van der Waals surface area contributed by atoms with E-state index in [9.17, 15) is 9.59 Å². The van der Waals surface area contributed by atoms with E-state index in [2.05, 4.69) is 22.4 Å². The molecule has 2 heterocycles. The van der Waals surface area contributed by atoms with Crippen molar-refractivity contribution in [2.45, 2.75) is 6.35 Å². The lowest BCUT2D eigenvalue weighted by Gasteiger charge is -2.18. The van der Waals surface area contributed by atoms with E-state index >= 15 is 0 Å². The molecular formula is C6H4N2O4S. The minimum absolute atomic E-state index is 0.482. The van der Waals surface area contributed by atoms with Crippen LogP contribution in [0.4, 0.5) is 0 Å². The van der Waals surface area contributed by atoms with Gasteiger partial charge in [-0.15, -0.1) is 0 Å². The molecule has 2 aliphatic heterocycles. The van der Waals surface area contributed by atoms with E-state index in [4.69, 9.17) is 4.74 Å². The highest BCUT2D eigenvalue weighted by molar-refractivity contribution is 7.83. The molecule has 0 spiro atoms. The van der Waals surface area contributed by atoms with Gasteiger partial charge in [-0.25, -0.2) is 9.59 Å². The van der Waals surface area contributed by atoms with Crippen molar-refractivity contribution in [3.63, 3.8) is 0 Å². The van der Waals surface area contributed by atoms with Gasteiger partial charge in [-0.05, 0) is 0 Å². The van der Waals surface area contributed by atoms with E-state index in [1.54, 1.807) is 0 Å². The summed E-state index contributed by atoms with van der Waals surface area (Å²) < 4.78 is 4.74. The Labute approximate surface area is 78.0 Å². The van der Waals surface area contributed by atoms with Crippen LogP contribution < -0.4 is 5.32 Å². The summed E-state index contributed by atoms with van der Waals surface area (Å²) in [6.07, 6.45) is 2.10. The fourth-order valence-corrected chi connectivity index (χ4v) is 0.976. The normalized spacial score (nSPS) is 26.0. The maximum atomic E-state index is 11.0. The third kappa shape index (κ3) is 1.22. The maximum absolute atomic E-state index is 11.0.